The summed E-state index contributed by atoms with van der Waals surface area (Å²) in [6, 6.07) is 21.6. The topological polar surface area (TPSA) is 161 Å². The molecule has 0 spiro atoms. The van der Waals surface area contributed by atoms with Crippen LogP contribution in [-0.4, -0.2) is 11.2 Å². The van der Waals surface area contributed by atoms with Crippen molar-refractivity contribution in [3.8, 4) is 36.4 Å². The van der Waals surface area contributed by atoms with E-state index in [0.717, 1.165) is 16.7 Å². The van der Waals surface area contributed by atoms with Crippen LogP contribution in [-0.2, 0) is 9.47 Å². The van der Waals surface area contributed by atoms with Crippen molar-refractivity contribution >= 4 is 5.57 Å². The second-order valence-corrected chi connectivity index (χ2v) is 13.8. The number of hydrogen-bond acceptors (Lipinski definition) is 8. The van der Waals surface area contributed by atoms with Gasteiger partial charge in [-0.15, -0.1) is 0 Å². The van der Waals surface area contributed by atoms with E-state index in [1.165, 1.54) is 0 Å². The van der Waals surface area contributed by atoms with Gasteiger partial charge >= 0.3 is 11.7 Å². The molecule has 1 aromatic rings. The van der Waals surface area contributed by atoms with Crippen LogP contribution in [0.4, 0.5) is 0 Å². The lowest BCUT2D eigenvalue weighted by molar-refractivity contribution is 0.0918. The maximum atomic E-state index is 10.1. The summed E-state index contributed by atoms with van der Waals surface area (Å²) in [6.45, 7) is 13.8. The molecule has 1 aromatic carbocycles. The molecule has 48 heavy (non-hydrogen) atoms. The zero-order chi connectivity index (χ0) is 35.4. The van der Waals surface area contributed by atoms with Crippen LogP contribution in [0.3, 0.4) is 0 Å². The Labute approximate surface area is 283 Å². The molecule has 4 rings (SSSR count). The molecule has 0 saturated carbocycles. The Kier molecular flexibility index (Phi) is 9.59. The number of hydrogen-bond donors (Lipinski definition) is 0. The zero-order valence-corrected chi connectivity index (χ0v) is 28.1. The van der Waals surface area contributed by atoms with Crippen LogP contribution in [0.2, 0.25) is 0 Å². The lowest BCUT2D eigenvalue weighted by Crippen LogP contribution is -2.30. The largest absolute Gasteiger partial charge is 0.480 e. The third kappa shape index (κ3) is 6.53. The van der Waals surface area contributed by atoms with Crippen molar-refractivity contribution in [2.24, 2.45) is 17.3 Å². The molecule has 1 aliphatic carbocycles. The average molecular weight is 632 g/mol. The molecule has 8 nitrogen and oxygen atoms in total. The molecule has 2 aliphatic heterocycles. The molecule has 8 heteroatoms. The minimum atomic E-state index is -0.941. The van der Waals surface area contributed by atoms with Crippen molar-refractivity contribution in [1.82, 2.24) is 0 Å². The summed E-state index contributed by atoms with van der Waals surface area (Å²) in [5, 5.41) is 58.0. The van der Waals surface area contributed by atoms with Crippen LogP contribution in [0.15, 0.2) is 106 Å². The number of rotatable bonds is 5. The molecule has 2 atom stereocenters. The SMILES string of the molecule is CC1(C)OC(=C(C#N)C#N)C(C#N)=C1/C=C/C1C=C(c2ccccc2)/C(=C/C=C2/C(C#N)=C([C+](C#N)C#N)OC2(C)C)CC1C(C)(C)C. The van der Waals surface area contributed by atoms with E-state index in [2.05, 4.69) is 45.1 Å². The highest BCUT2D eigenvalue weighted by Crippen LogP contribution is 2.48. The van der Waals surface area contributed by atoms with Gasteiger partial charge in [0.15, 0.2) is 16.9 Å². The quantitative estimate of drug-likeness (QED) is 0.231. The van der Waals surface area contributed by atoms with E-state index in [1.807, 2.05) is 86.7 Å². The van der Waals surface area contributed by atoms with Gasteiger partial charge in [-0.1, -0.05) is 75.4 Å². The molecule has 0 saturated heterocycles. The monoisotopic (exact) mass is 631 g/mol. The summed E-state index contributed by atoms with van der Waals surface area (Å²) >= 11 is 0. The van der Waals surface area contributed by atoms with Crippen molar-refractivity contribution in [2.75, 3.05) is 0 Å². The maximum absolute atomic E-state index is 10.1. The van der Waals surface area contributed by atoms with Gasteiger partial charge in [0.25, 0.3) is 0 Å². The van der Waals surface area contributed by atoms with Gasteiger partial charge in [0.1, 0.15) is 35.0 Å². The fourth-order valence-corrected chi connectivity index (χ4v) is 6.38. The van der Waals surface area contributed by atoms with Crippen molar-refractivity contribution in [3.63, 3.8) is 0 Å². The van der Waals surface area contributed by atoms with Gasteiger partial charge < -0.3 is 9.47 Å². The lowest BCUT2D eigenvalue weighted by Gasteiger charge is -2.39. The van der Waals surface area contributed by atoms with Crippen molar-refractivity contribution < 1.29 is 9.47 Å². The minimum absolute atomic E-state index is 0.00286. The molecule has 3 aliphatic rings. The predicted octanol–water partition coefficient (Wildman–Crippen LogP) is 8.30. The predicted molar refractivity (Wildman–Crippen MR) is 179 cm³/mol. The van der Waals surface area contributed by atoms with Crippen LogP contribution >= 0.6 is 0 Å². The Morgan fingerprint density at radius 2 is 1.48 bits per heavy atom. The highest BCUT2D eigenvalue weighted by molar-refractivity contribution is 5.81. The van der Waals surface area contributed by atoms with Gasteiger partial charge in [0.05, 0.1) is 0 Å². The minimum Gasteiger partial charge on any atom is -0.480 e. The van der Waals surface area contributed by atoms with Crippen molar-refractivity contribution in [3.05, 3.63) is 117 Å². The smallest absolute Gasteiger partial charge is 0.337 e. The van der Waals surface area contributed by atoms with Gasteiger partial charge in [0, 0.05) is 5.57 Å². The first-order valence-corrected chi connectivity index (χ1v) is 15.4. The third-order valence-corrected chi connectivity index (χ3v) is 8.87. The van der Waals surface area contributed by atoms with Crippen molar-refractivity contribution in [1.29, 1.82) is 31.6 Å². The molecule has 2 unspecified atom stereocenters. The molecule has 0 aromatic heterocycles. The molecule has 236 valence electrons. The Bertz CT molecular complexity index is 1970. The highest BCUT2D eigenvalue weighted by Gasteiger charge is 2.50. The normalized spacial score (nSPS) is 22.9. The third-order valence-electron chi connectivity index (χ3n) is 8.87. The van der Waals surface area contributed by atoms with E-state index in [-0.39, 0.29) is 51.4 Å². The lowest BCUT2D eigenvalue weighted by atomic mass is 9.65. The van der Waals surface area contributed by atoms with Gasteiger partial charge in [-0.3, -0.25) is 0 Å². The molecule has 0 radical (unpaired) electrons. The number of benzene rings is 1. The fraction of sp³-hybridized carbons (Fsp3) is 0.325. The van der Waals surface area contributed by atoms with E-state index < -0.39 is 11.2 Å². The second kappa shape index (κ2) is 13.3. The number of ether oxygens (including phenoxy) is 2. The average Bonchev–Trinajstić information content (AvgIpc) is 3.46. The first-order chi connectivity index (χ1) is 22.7. The Balaban J connectivity index is 1.92. The summed E-state index contributed by atoms with van der Waals surface area (Å²) < 4.78 is 12.0. The van der Waals surface area contributed by atoms with E-state index in [4.69, 9.17) is 9.47 Å². The standard InChI is InChI=1S/C40H35N6O2/c1-38(2,3)35-18-26(13-15-33-31(23-45)36(28(19-41)20-42)47-39(33,4)5)30(25-11-9-8-10-12-25)17-27(35)14-16-34-32(24-46)37(29(21-43)22-44)48-40(34,6)7/h8-17,27,35H,18H2,1-7H3/q+1/b16-14+,26-13+,33-15-. The number of nitrogens with zero attached hydrogens (tertiary/aromatic N) is 6. The van der Waals surface area contributed by atoms with Crippen LogP contribution in [0.1, 0.15) is 60.5 Å². The van der Waals surface area contributed by atoms with Crippen LogP contribution < -0.4 is 0 Å². The summed E-state index contributed by atoms with van der Waals surface area (Å²) in [6.07, 6.45) is 10.7. The summed E-state index contributed by atoms with van der Waals surface area (Å²) in [5.74, 6) is -0.202. The van der Waals surface area contributed by atoms with Gasteiger partial charge in [-0.05, 0) is 74.2 Å². The van der Waals surface area contributed by atoms with Gasteiger partial charge in [-0.25, -0.2) is 0 Å². The number of allylic oxidation sites excluding steroid dienone is 9. The van der Waals surface area contributed by atoms with Crippen LogP contribution in [0.25, 0.3) is 5.57 Å². The molecular weight excluding hydrogens is 596 g/mol. The van der Waals surface area contributed by atoms with Gasteiger partial charge in [-0.2, -0.15) is 31.6 Å². The summed E-state index contributed by atoms with van der Waals surface area (Å²) in [4.78, 5) is 0. The van der Waals surface area contributed by atoms with Gasteiger partial charge in [0.2, 0.25) is 23.8 Å². The summed E-state index contributed by atoms with van der Waals surface area (Å²) in [5.41, 5.74) is 2.31. The molecule has 0 bridgehead atoms. The molecule has 2 heterocycles. The highest BCUT2D eigenvalue weighted by atomic mass is 16.5. The first kappa shape index (κ1) is 34.7. The first-order valence-electron chi connectivity index (χ1n) is 15.4. The Morgan fingerprint density at radius 1 is 0.854 bits per heavy atom. The van der Waals surface area contributed by atoms with E-state index in [9.17, 15) is 31.6 Å². The summed E-state index contributed by atoms with van der Waals surface area (Å²) in [7, 11) is 0. The number of nitriles is 6. The molecule has 0 N–H and O–H groups in total. The van der Waals surface area contributed by atoms with Crippen LogP contribution in [0, 0.1) is 91.2 Å². The zero-order valence-electron chi connectivity index (χ0n) is 28.1. The molecule has 0 fully saturated rings. The van der Waals surface area contributed by atoms with E-state index in [1.54, 1.807) is 13.8 Å². The molecular formula is C40H35N6O2+. The van der Waals surface area contributed by atoms with Crippen molar-refractivity contribution in [2.45, 2.75) is 66.1 Å². The second-order valence-electron chi connectivity index (χ2n) is 13.8. The fourth-order valence-electron chi connectivity index (χ4n) is 6.38. The van der Waals surface area contributed by atoms with E-state index in [0.29, 0.717) is 17.6 Å². The Morgan fingerprint density at radius 3 is 2.02 bits per heavy atom. The molecule has 0 amide bonds. The van der Waals surface area contributed by atoms with E-state index >= 15 is 0 Å². The maximum Gasteiger partial charge on any atom is 0.337 e. The van der Waals surface area contributed by atoms with Crippen LogP contribution in [0.5, 0.6) is 0 Å². The Hall–Kier alpha value is -6.19.